The molecule has 1 aliphatic heterocycles. The summed E-state index contributed by atoms with van der Waals surface area (Å²) in [6, 6.07) is 12.8. The molecule has 0 aliphatic carbocycles. The second-order valence-electron chi connectivity index (χ2n) is 11.1. The van der Waals surface area contributed by atoms with E-state index in [0.717, 1.165) is 48.4 Å². The molecule has 1 N–H and O–H groups in total. The number of rotatable bonds is 11. The molecule has 1 saturated heterocycles. The second kappa shape index (κ2) is 12.6. The number of aryl methyl sites for hydroxylation is 1. The van der Waals surface area contributed by atoms with E-state index in [4.69, 9.17) is 4.74 Å². The molecule has 1 heterocycles. The van der Waals surface area contributed by atoms with E-state index in [2.05, 4.69) is 46.4 Å². The number of carbonyl (C=O) groups is 2. The van der Waals surface area contributed by atoms with Crippen LogP contribution in [-0.4, -0.2) is 59.4 Å². The van der Waals surface area contributed by atoms with Crippen LogP contribution in [0.3, 0.4) is 0 Å². The summed E-state index contributed by atoms with van der Waals surface area (Å²) in [6.45, 7) is 18.0. The Morgan fingerprint density at radius 2 is 1.68 bits per heavy atom. The molecule has 1 unspecified atom stereocenters. The highest BCUT2D eigenvalue weighted by molar-refractivity contribution is 6.46. The minimum absolute atomic E-state index is 0.0262. The molecule has 0 spiro atoms. The number of amides is 1. The van der Waals surface area contributed by atoms with Crippen molar-refractivity contribution in [3.63, 3.8) is 0 Å². The summed E-state index contributed by atoms with van der Waals surface area (Å²) >= 11 is 0. The van der Waals surface area contributed by atoms with E-state index in [1.165, 1.54) is 0 Å². The molecule has 6 nitrogen and oxygen atoms in total. The Morgan fingerprint density at radius 1 is 1.03 bits per heavy atom. The van der Waals surface area contributed by atoms with Gasteiger partial charge in [0.05, 0.1) is 18.2 Å². The molecule has 0 saturated carbocycles. The van der Waals surface area contributed by atoms with Gasteiger partial charge in [0.2, 0.25) is 0 Å². The Balaban J connectivity index is 2.07. The Labute approximate surface area is 228 Å². The fourth-order valence-electron chi connectivity index (χ4n) is 4.85. The highest BCUT2D eigenvalue weighted by atomic mass is 16.5. The van der Waals surface area contributed by atoms with Gasteiger partial charge in [-0.15, -0.1) is 0 Å². The number of hydrogen-bond donors (Lipinski definition) is 1. The van der Waals surface area contributed by atoms with E-state index >= 15 is 0 Å². The lowest BCUT2D eigenvalue weighted by Crippen LogP contribution is -2.38. The molecule has 2 aromatic carbocycles. The van der Waals surface area contributed by atoms with Crippen LogP contribution in [0.15, 0.2) is 48.0 Å². The number of ketones is 1. The maximum atomic E-state index is 13.4. The van der Waals surface area contributed by atoms with Gasteiger partial charge in [-0.2, -0.15) is 0 Å². The fourth-order valence-corrected chi connectivity index (χ4v) is 4.85. The molecule has 0 radical (unpaired) electrons. The van der Waals surface area contributed by atoms with Gasteiger partial charge in [0, 0.05) is 18.7 Å². The average molecular weight is 521 g/mol. The molecule has 206 valence electrons. The number of Topliss-reactive ketones (excluding diaryl/α,β-unsaturated/α-hetero) is 1. The van der Waals surface area contributed by atoms with E-state index in [-0.39, 0.29) is 16.7 Å². The van der Waals surface area contributed by atoms with Crippen molar-refractivity contribution in [2.24, 2.45) is 0 Å². The Kier molecular flexibility index (Phi) is 9.77. The van der Waals surface area contributed by atoms with Crippen molar-refractivity contribution in [1.82, 2.24) is 9.80 Å². The molecule has 1 amide bonds. The quantitative estimate of drug-likeness (QED) is 0.164. The van der Waals surface area contributed by atoms with E-state index in [0.29, 0.717) is 25.3 Å². The van der Waals surface area contributed by atoms with Crippen LogP contribution in [0.25, 0.3) is 5.76 Å². The number of unbranched alkanes of at least 4 members (excludes halogenated alkanes) is 1. The number of likely N-dealkylation sites (tertiary alicyclic amines) is 1. The van der Waals surface area contributed by atoms with Crippen molar-refractivity contribution in [1.29, 1.82) is 0 Å². The first kappa shape index (κ1) is 29.4. The summed E-state index contributed by atoms with van der Waals surface area (Å²) in [5.41, 5.74) is 3.46. The van der Waals surface area contributed by atoms with Crippen LogP contribution in [0.4, 0.5) is 0 Å². The van der Waals surface area contributed by atoms with Gasteiger partial charge in [-0.05, 0) is 66.7 Å². The minimum atomic E-state index is -0.652. The maximum absolute atomic E-state index is 13.4. The molecule has 2 aromatic rings. The zero-order chi connectivity index (χ0) is 28.0. The van der Waals surface area contributed by atoms with Gasteiger partial charge in [0.15, 0.2) is 0 Å². The summed E-state index contributed by atoms with van der Waals surface area (Å²) in [6.07, 6.45) is 2.01. The SMILES string of the molecule is CCCCOc1ccc(C(O)=C2C(=O)C(=O)N(CCN(CC)CC)C2c2ccc(C(C)(C)C)cc2)cc1C. The van der Waals surface area contributed by atoms with Crippen molar-refractivity contribution >= 4 is 17.4 Å². The van der Waals surface area contributed by atoms with Crippen LogP contribution in [0.1, 0.15) is 82.7 Å². The molecular formula is C32H44N2O4. The molecule has 38 heavy (non-hydrogen) atoms. The summed E-state index contributed by atoms with van der Waals surface area (Å²) < 4.78 is 5.87. The third kappa shape index (κ3) is 6.47. The smallest absolute Gasteiger partial charge is 0.295 e. The van der Waals surface area contributed by atoms with E-state index in [1.54, 1.807) is 11.0 Å². The molecule has 1 fully saturated rings. The maximum Gasteiger partial charge on any atom is 0.295 e. The van der Waals surface area contributed by atoms with Gasteiger partial charge >= 0.3 is 0 Å². The summed E-state index contributed by atoms with van der Waals surface area (Å²) in [5.74, 6) is -0.612. The molecule has 0 bridgehead atoms. The molecule has 6 heteroatoms. The van der Waals surface area contributed by atoms with E-state index in [1.807, 2.05) is 43.3 Å². The number of ether oxygens (including phenoxy) is 1. The third-order valence-electron chi connectivity index (χ3n) is 7.39. The van der Waals surface area contributed by atoms with Crippen LogP contribution >= 0.6 is 0 Å². The normalized spacial score (nSPS) is 17.5. The number of likely N-dealkylation sites (N-methyl/N-ethyl adjacent to an activating group) is 1. The molecule has 0 aromatic heterocycles. The lowest BCUT2D eigenvalue weighted by atomic mass is 9.85. The standard InChI is InChI=1S/C32H44N2O4/c1-8-11-20-38-26-17-14-24(21-22(26)4)29(35)27-28(23-12-15-25(16-13-23)32(5,6)7)34(31(37)30(27)36)19-18-33(9-2)10-3/h12-17,21,28,35H,8-11,18-20H2,1-7H3. The zero-order valence-electron chi connectivity index (χ0n) is 24.1. The van der Waals surface area contributed by atoms with Crippen LogP contribution in [0.2, 0.25) is 0 Å². The Morgan fingerprint density at radius 3 is 2.24 bits per heavy atom. The predicted octanol–water partition coefficient (Wildman–Crippen LogP) is 6.23. The number of benzene rings is 2. The molecule has 1 aliphatic rings. The van der Waals surface area contributed by atoms with Crippen molar-refractivity contribution in [2.45, 2.75) is 72.8 Å². The molecular weight excluding hydrogens is 476 g/mol. The van der Waals surface area contributed by atoms with Gasteiger partial charge in [-0.25, -0.2) is 0 Å². The number of aliphatic hydroxyl groups excluding tert-OH is 1. The number of nitrogens with zero attached hydrogens (tertiary/aromatic N) is 2. The van der Waals surface area contributed by atoms with Gasteiger partial charge in [0.25, 0.3) is 11.7 Å². The number of carbonyl (C=O) groups excluding carboxylic acids is 2. The highest BCUT2D eigenvalue weighted by Gasteiger charge is 2.46. The van der Waals surface area contributed by atoms with Crippen molar-refractivity contribution < 1.29 is 19.4 Å². The average Bonchev–Trinajstić information content (AvgIpc) is 3.14. The zero-order valence-corrected chi connectivity index (χ0v) is 24.1. The lowest BCUT2D eigenvalue weighted by molar-refractivity contribution is -0.140. The van der Waals surface area contributed by atoms with Gasteiger partial charge in [0.1, 0.15) is 11.5 Å². The monoisotopic (exact) mass is 520 g/mol. The topological polar surface area (TPSA) is 70.1 Å². The number of hydrogen-bond acceptors (Lipinski definition) is 5. The summed E-state index contributed by atoms with van der Waals surface area (Å²) in [4.78, 5) is 30.6. The van der Waals surface area contributed by atoms with Crippen molar-refractivity contribution in [2.75, 3.05) is 32.8 Å². The number of aliphatic hydroxyl groups is 1. The van der Waals surface area contributed by atoms with Crippen molar-refractivity contribution in [3.8, 4) is 5.75 Å². The molecule has 1 atom stereocenters. The first-order valence-corrected chi connectivity index (χ1v) is 13.9. The first-order chi connectivity index (χ1) is 18.0. The van der Waals surface area contributed by atoms with Crippen LogP contribution < -0.4 is 4.74 Å². The van der Waals surface area contributed by atoms with E-state index in [9.17, 15) is 14.7 Å². The van der Waals surface area contributed by atoms with Crippen LogP contribution in [0.5, 0.6) is 5.75 Å². The largest absolute Gasteiger partial charge is 0.507 e. The van der Waals surface area contributed by atoms with Gasteiger partial charge in [-0.3, -0.25) is 9.59 Å². The summed E-state index contributed by atoms with van der Waals surface area (Å²) in [5, 5.41) is 11.5. The van der Waals surface area contributed by atoms with Gasteiger partial charge in [-0.1, -0.05) is 72.2 Å². The van der Waals surface area contributed by atoms with Gasteiger partial charge < -0.3 is 19.6 Å². The second-order valence-corrected chi connectivity index (χ2v) is 11.1. The summed E-state index contributed by atoms with van der Waals surface area (Å²) in [7, 11) is 0. The Bertz CT molecular complexity index is 1160. The third-order valence-corrected chi connectivity index (χ3v) is 7.39. The van der Waals surface area contributed by atoms with Crippen LogP contribution in [0, 0.1) is 6.92 Å². The van der Waals surface area contributed by atoms with E-state index < -0.39 is 17.7 Å². The Hall–Kier alpha value is -3.12. The molecule has 3 rings (SSSR count). The highest BCUT2D eigenvalue weighted by Crippen LogP contribution is 2.40. The fraction of sp³-hybridized carbons (Fsp3) is 0.500. The predicted molar refractivity (Wildman–Crippen MR) is 154 cm³/mol. The van der Waals surface area contributed by atoms with Crippen LogP contribution in [-0.2, 0) is 15.0 Å². The van der Waals surface area contributed by atoms with Crippen molar-refractivity contribution in [3.05, 3.63) is 70.3 Å². The minimum Gasteiger partial charge on any atom is -0.507 e. The lowest BCUT2D eigenvalue weighted by Gasteiger charge is -2.28. The first-order valence-electron chi connectivity index (χ1n) is 13.9.